The Bertz CT molecular complexity index is 389. The standard InChI is InChI=1S/C14H19NO3/c1-3-12(2)14(9-10-15(16)17)18-11-13-7-5-4-6-8-13/h4-10,12,14H,3,11H2,1-2H3/b10-9+/t12-,14+/m0/s1. The van der Waals surface area contributed by atoms with E-state index in [1.165, 1.54) is 6.08 Å². The van der Waals surface area contributed by atoms with Gasteiger partial charge in [-0.3, -0.25) is 10.1 Å². The van der Waals surface area contributed by atoms with Gasteiger partial charge in [-0.25, -0.2) is 0 Å². The Kier molecular flexibility index (Phi) is 6.08. The predicted octanol–water partition coefficient (Wildman–Crippen LogP) is 3.41. The molecule has 1 rings (SSSR count). The van der Waals surface area contributed by atoms with Crippen LogP contribution in [0.4, 0.5) is 0 Å². The van der Waals surface area contributed by atoms with Crippen molar-refractivity contribution in [3.63, 3.8) is 0 Å². The number of hydrogen-bond acceptors (Lipinski definition) is 3. The van der Waals surface area contributed by atoms with Crippen LogP contribution >= 0.6 is 0 Å². The molecule has 4 heteroatoms. The van der Waals surface area contributed by atoms with Crippen LogP contribution in [-0.2, 0) is 11.3 Å². The molecule has 0 radical (unpaired) electrons. The fourth-order valence-corrected chi connectivity index (χ4v) is 1.56. The van der Waals surface area contributed by atoms with E-state index in [-0.39, 0.29) is 12.0 Å². The molecule has 0 spiro atoms. The number of ether oxygens (including phenoxy) is 1. The molecular formula is C14H19NO3. The summed E-state index contributed by atoms with van der Waals surface area (Å²) in [5.74, 6) is 0.255. The van der Waals surface area contributed by atoms with Crippen LogP contribution in [0.3, 0.4) is 0 Å². The highest BCUT2D eigenvalue weighted by Gasteiger charge is 2.14. The normalized spacial score (nSPS) is 14.6. The molecule has 0 heterocycles. The third kappa shape index (κ3) is 5.10. The third-order valence-electron chi connectivity index (χ3n) is 2.89. The van der Waals surface area contributed by atoms with E-state index in [1.807, 2.05) is 44.2 Å². The summed E-state index contributed by atoms with van der Waals surface area (Å²) in [5.41, 5.74) is 1.07. The highest BCUT2D eigenvalue weighted by atomic mass is 16.6. The van der Waals surface area contributed by atoms with Gasteiger partial charge < -0.3 is 4.74 Å². The molecular weight excluding hydrogens is 230 g/mol. The molecule has 0 amide bonds. The Labute approximate surface area is 107 Å². The predicted molar refractivity (Wildman–Crippen MR) is 70.6 cm³/mol. The first kappa shape index (κ1) is 14.4. The summed E-state index contributed by atoms with van der Waals surface area (Å²) in [6, 6.07) is 9.80. The molecule has 0 aliphatic rings. The highest BCUT2D eigenvalue weighted by Crippen LogP contribution is 2.15. The van der Waals surface area contributed by atoms with E-state index in [4.69, 9.17) is 4.74 Å². The molecule has 1 aromatic rings. The molecule has 98 valence electrons. The second-order valence-electron chi connectivity index (χ2n) is 4.27. The Hall–Kier alpha value is -1.68. The maximum Gasteiger partial charge on any atom is 0.233 e. The maximum atomic E-state index is 10.4. The number of benzene rings is 1. The van der Waals surface area contributed by atoms with E-state index in [2.05, 4.69) is 0 Å². The van der Waals surface area contributed by atoms with Crippen molar-refractivity contribution in [3.05, 3.63) is 58.3 Å². The van der Waals surface area contributed by atoms with Gasteiger partial charge in [-0.2, -0.15) is 0 Å². The van der Waals surface area contributed by atoms with Gasteiger partial charge in [-0.15, -0.1) is 0 Å². The fraction of sp³-hybridized carbons (Fsp3) is 0.429. The molecule has 0 saturated heterocycles. The molecule has 1 aromatic carbocycles. The van der Waals surface area contributed by atoms with Crippen molar-refractivity contribution in [1.29, 1.82) is 0 Å². The van der Waals surface area contributed by atoms with Gasteiger partial charge in [-0.05, 0) is 11.5 Å². The molecule has 0 saturated carbocycles. The molecule has 4 nitrogen and oxygen atoms in total. The molecule has 0 aliphatic carbocycles. The summed E-state index contributed by atoms with van der Waals surface area (Å²) in [7, 11) is 0. The van der Waals surface area contributed by atoms with Crippen LogP contribution in [0.5, 0.6) is 0 Å². The summed E-state index contributed by atoms with van der Waals surface area (Å²) in [6.07, 6.45) is 3.18. The minimum Gasteiger partial charge on any atom is -0.369 e. The van der Waals surface area contributed by atoms with Gasteiger partial charge in [0.1, 0.15) is 0 Å². The first-order valence-corrected chi connectivity index (χ1v) is 6.10. The Morgan fingerprint density at radius 2 is 2.06 bits per heavy atom. The molecule has 0 fully saturated rings. The van der Waals surface area contributed by atoms with Crippen molar-refractivity contribution < 1.29 is 9.66 Å². The molecule has 0 bridgehead atoms. The van der Waals surface area contributed by atoms with Gasteiger partial charge in [0.25, 0.3) is 0 Å². The van der Waals surface area contributed by atoms with Crippen LogP contribution < -0.4 is 0 Å². The van der Waals surface area contributed by atoms with Crippen molar-refractivity contribution in [2.24, 2.45) is 5.92 Å². The number of rotatable bonds is 7. The summed E-state index contributed by atoms with van der Waals surface area (Å²) in [6.45, 7) is 4.54. The monoisotopic (exact) mass is 249 g/mol. The van der Waals surface area contributed by atoms with E-state index in [0.29, 0.717) is 6.61 Å². The quantitative estimate of drug-likeness (QED) is 0.549. The second-order valence-corrected chi connectivity index (χ2v) is 4.27. The van der Waals surface area contributed by atoms with Gasteiger partial charge in [0, 0.05) is 6.08 Å². The molecule has 18 heavy (non-hydrogen) atoms. The SMILES string of the molecule is CC[C@H](C)[C@@H](/C=C/[N+](=O)[O-])OCc1ccccc1. The average molecular weight is 249 g/mol. The second kappa shape index (κ2) is 7.61. The third-order valence-corrected chi connectivity index (χ3v) is 2.89. The zero-order chi connectivity index (χ0) is 13.4. The van der Waals surface area contributed by atoms with Crippen molar-refractivity contribution in [3.8, 4) is 0 Å². The molecule has 2 atom stereocenters. The zero-order valence-electron chi connectivity index (χ0n) is 10.8. The Balaban J connectivity index is 2.59. The van der Waals surface area contributed by atoms with Gasteiger partial charge in [0.05, 0.1) is 17.6 Å². The largest absolute Gasteiger partial charge is 0.369 e. The van der Waals surface area contributed by atoms with Crippen LogP contribution in [0.15, 0.2) is 42.6 Å². The van der Waals surface area contributed by atoms with Crippen LogP contribution in [0.25, 0.3) is 0 Å². The zero-order valence-corrected chi connectivity index (χ0v) is 10.8. The lowest BCUT2D eigenvalue weighted by Crippen LogP contribution is -2.19. The molecule has 0 aromatic heterocycles. The average Bonchev–Trinajstić information content (AvgIpc) is 2.39. The molecule has 0 unspecified atom stereocenters. The Morgan fingerprint density at radius 3 is 2.61 bits per heavy atom. The van der Waals surface area contributed by atoms with Crippen molar-refractivity contribution >= 4 is 0 Å². The van der Waals surface area contributed by atoms with Gasteiger partial charge >= 0.3 is 0 Å². The van der Waals surface area contributed by atoms with Crippen LogP contribution in [-0.4, -0.2) is 11.0 Å². The smallest absolute Gasteiger partial charge is 0.233 e. The van der Waals surface area contributed by atoms with Gasteiger partial charge in [-0.1, -0.05) is 50.6 Å². The van der Waals surface area contributed by atoms with Gasteiger partial charge in [0.2, 0.25) is 6.20 Å². The summed E-state index contributed by atoms with van der Waals surface area (Å²) in [4.78, 5) is 9.90. The number of nitro groups is 1. The summed E-state index contributed by atoms with van der Waals surface area (Å²) in [5, 5.41) is 10.4. The lowest BCUT2D eigenvalue weighted by Gasteiger charge is -2.19. The minimum atomic E-state index is -0.457. The first-order valence-electron chi connectivity index (χ1n) is 6.10. The van der Waals surface area contributed by atoms with E-state index >= 15 is 0 Å². The lowest BCUT2D eigenvalue weighted by atomic mass is 10.0. The topological polar surface area (TPSA) is 52.4 Å². The lowest BCUT2D eigenvalue weighted by molar-refractivity contribution is -0.403. The van der Waals surface area contributed by atoms with E-state index in [0.717, 1.165) is 18.2 Å². The van der Waals surface area contributed by atoms with Crippen molar-refractivity contribution in [2.45, 2.75) is 33.0 Å². The van der Waals surface area contributed by atoms with Crippen LogP contribution in [0.2, 0.25) is 0 Å². The van der Waals surface area contributed by atoms with E-state index < -0.39 is 4.92 Å². The van der Waals surface area contributed by atoms with Crippen molar-refractivity contribution in [2.75, 3.05) is 0 Å². The fourth-order valence-electron chi connectivity index (χ4n) is 1.56. The summed E-state index contributed by atoms with van der Waals surface area (Å²) < 4.78 is 5.74. The van der Waals surface area contributed by atoms with Crippen LogP contribution in [0.1, 0.15) is 25.8 Å². The molecule has 0 N–H and O–H groups in total. The molecule has 0 aliphatic heterocycles. The maximum absolute atomic E-state index is 10.4. The van der Waals surface area contributed by atoms with Gasteiger partial charge in [0.15, 0.2) is 0 Å². The van der Waals surface area contributed by atoms with Crippen molar-refractivity contribution in [1.82, 2.24) is 0 Å². The minimum absolute atomic E-state index is 0.222. The van der Waals surface area contributed by atoms with E-state index in [9.17, 15) is 10.1 Å². The van der Waals surface area contributed by atoms with Crippen LogP contribution in [0, 0.1) is 16.0 Å². The number of nitrogens with zero attached hydrogens (tertiary/aromatic N) is 1. The Morgan fingerprint density at radius 1 is 1.39 bits per heavy atom. The first-order chi connectivity index (χ1) is 8.63. The summed E-state index contributed by atoms with van der Waals surface area (Å²) >= 11 is 0. The van der Waals surface area contributed by atoms with E-state index in [1.54, 1.807) is 0 Å². The number of hydrogen-bond donors (Lipinski definition) is 0. The highest BCUT2D eigenvalue weighted by molar-refractivity contribution is 5.13.